The molecule has 6 nitrogen and oxygen atoms in total. The molecule has 172 valence electrons. The van der Waals surface area contributed by atoms with Crippen LogP contribution in [-0.4, -0.2) is 57.7 Å². The van der Waals surface area contributed by atoms with Gasteiger partial charge in [0.2, 0.25) is 0 Å². The van der Waals surface area contributed by atoms with Gasteiger partial charge in [-0.25, -0.2) is 0 Å². The molecular weight excluding hydrogens is 424 g/mol. The molecule has 0 radical (unpaired) electrons. The zero-order valence-electron chi connectivity index (χ0n) is 19.4. The molecule has 1 saturated heterocycles. The van der Waals surface area contributed by atoms with Gasteiger partial charge in [-0.1, -0.05) is 66.2 Å². The fourth-order valence-electron chi connectivity index (χ4n) is 4.61. The first-order chi connectivity index (χ1) is 16.6. The van der Waals surface area contributed by atoms with E-state index in [4.69, 9.17) is 0 Å². The highest BCUT2D eigenvalue weighted by Gasteiger charge is 2.42. The number of hydrogen-bond acceptors (Lipinski definition) is 5. The first-order valence-electron chi connectivity index (χ1n) is 11.7. The van der Waals surface area contributed by atoms with Gasteiger partial charge in [0, 0.05) is 38.9 Å². The lowest BCUT2D eigenvalue weighted by Crippen LogP contribution is -2.47. The first-order valence-corrected chi connectivity index (χ1v) is 11.7. The zero-order chi connectivity index (χ0) is 23.5. The molecule has 34 heavy (non-hydrogen) atoms. The number of carbonyl (C=O) groups excluding carboxylic acids is 2. The van der Waals surface area contributed by atoms with Crippen molar-refractivity contribution in [2.75, 3.05) is 26.2 Å². The van der Waals surface area contributed by atoms with Gasteiger partial charge in [-0.05, 0) is 30.2 Å². The molecule has 0 unspecified atom stereocenters. The molecule has 3 heterocycles. The van der Waals surface area contributed by atoms with Crippen molar-refractivity contribution >= 4 is 17.4 Å². The van der Waals surface area contributed by atoms with E-state index in [0.29, 0.717) is 30.1 Å². The molecule has 0 N–H and O–H groups in total. The van der Waals surface area contributed by atoms with E-state index in [9.17, 15) is 9.59 Å². The summed E-state index contributed by atoms with van der Waals surface area (Å²) in [6.07, 6.45) is 1.68. The molecule has 2 amide bonds. The minimum Gasteiger partial charge on any atom is -0.364 e. The standard InChI is InChI=1S/C28H28N4O2/c1-21-10-12-23(13-11-21)25-26(28(34)32(27(25)33)20-24-9-5-6-14-29-24)31-17-15-30(16-18-31)19-22-7-3-2-4-8-22/h2-14H,15-20H2,1H3. The summed E-state index contributed by atoms with van der Waals surface area (Å²) in [6, 6.07) is 23.8. The summed E-state index contributed by atoms with van der Waals surface area (Å²) in [6.45, 7) is 6.15. The second-order valence-corrected chi connectivity index (χ2v) is 8.86. The highest BCUT2D eigenvalue weighted by Crippen LogP contribution is 2.33. The Hall–Kier alpha value is -3.77. The van der Waals surface area contributed by atoms with Crippen LogP contribution >= 0.6 is 0 Å². The summed E-state index contributed by atoms with van der Waals surface area (Å²) in [5, 5.41) is 0. The number of aryl methyl sites for hydroxylation is 1. The normalized spacial score (nSPS) is 17.1. The van der Waals surface area contributed by atoms with Crippen LogP contribution in [0.1, 0.15) is 22.4 Å². The fraction of sp³-hybridized carbons (Fsp3) is 0.250. The van der Waals surface area contributed by atoms with Gasteiger partial charge in [0.25, 0.3) is 11.8 Å². The number of imide groups is 1. The average molecular weight is 453 g/mol. The molecule has 0 saturated carbocycles. The number of nitrogens with zero attached hydrogens (tertiary/aromatic N) is 4. The van der Waals surface area contributed by atoms with Gasteiger partial charge in [0.1, 0.15) is 5.70 Å². The Morgan fingerprint density at radius 3 is 2.15 bits per heavy atom. The first kappa shape index (κ1) is 22.0. The van der Waals surface area contributed by atoms with Gasteiger partial charge in [-0.2, -0.15) is 0 Å². The summed E-state index contributed by atoms with van der Waals surface area (Å²) in [7, 11) is 0. The maximum Gasteiger partial charge on any atom is 0.278 e. The van der Waals surface area contributed by atoms with Gasteiger partial charge in [0.05, 0.1) is 17.8 Å². The van der Waals surface area contributed by atoms with Crippen molar-refractivity contribution < 1.29 is 9.59 Å². The number of pyridine rings is 1. The highest BCUT2D eigenvalue weighted by atomic mass is 16.2. The minimum atomic E-state index is -0.249. The SMILES string of the molecule is Cc1ccc(C2=C(N3CCN(Cc4ccccc4)CC3)C(=O)N(Cc3ccccn3)C2=O)cc1. The van der Waals surface area contributed by atoms with E-state index in [1.165, 1.54) is 10.5 Å². The lowest BCUT2D eigenvalue weighted by atomic mass is 10.0. The van der Waals surface area contributed by atoms with Gasteiger partial charge < -0.3 is 4.90 Å². The van der Waals surface area contributed by atoms with Crippen LogP contribution in [0.15, 0.2) is 84.7 Å². The number of amides is 2. The molecule has 0 atom stereocenters. The molecule has 1 aromatic heterocycles. The lowest BCUT2D eigenvalue weighted by molar-refractivity contribution is -0.138. The largest absolute Gasteiger partial charge is 0.364 e. The number of rotatable bonds is 6. The summed E-state index contributed by atoms with van der Waals surface area (Å²) in [5.74, 6) is -0.482. The Labute approximate surface area is 200 Å². The molecular formula is C28H28N4O2. The third-order valence-electron chi connectivity index (χ3n) is 6.47. The molecule has 0 spiro atoms. The molecule has 2 aliphatic heterocycles. The maximum absolute atomic E-state index is 13.6. The summed E-state index contributed by atoms with van der Waals surface area (Å²) in [5.41, 5.74) is 4.89. The van der Waals surface area contributed by atoms with E-state index in [-0.39, 0.29) is 18.4 Å². The monoisotopic (exact) mass is 452 g/mol. The topological polar surface area (TPSA) is 56.8 Å². The molecule has 0 aliphatic carbocycles. The van der Waals surface area contributed by atoms with Crippen LogP contribution in [0, 0.1) is 6.92 Å². The van der Waals surface area contributed by atoms with E-state index < -0.39 is 0 Å². The zero-order valence-corrected chi connectivity index (χ0v) is 19.4. The summed E-state index contributed by atoms with van der Waals surface area (Å²) >= 11 is 0. The summed E-state index contributed by atoms with van der Waals surface area (Å²) < 4.78 is 0. The Bertz CT molecular complexity index is 1200. The van der Waals surface area contributed by atoms with Crippen LogP contribution in [-0.2, 0) is 22.7 Å². The minimum absolute atomic E-state index is 0.172. The third-order valence-corrected chi connectivity index (χ3v) is 6.47. The lowest BCUT2D eigenvalue weighted by Gasteiger charge is -2.36. The number of benzene rings is 2. The Balaban J connectivity index is 1.40. The Kier molecular flexibility index (Phi) is 6.23. The van der Waals surface area contributed by atoms with E-state index in [2.05, 4.69) is 39.0 Å². The molecule has 3 aromatic rings. The highest BCUT2D eigenvalue weighted by molar-refractivity contribution is 6.35. The summed E-state index contributed by atoms with van der Waals surface area (Å²) in [4.78, 5) is 37.3. The van der Waals surface area contributed by atoms with Crippen LogP contribution in [0.2, 0.25) is 0 Å². The van der Waals surface area contributed by atoms with Crippen LogP contribution < -0.4 is 0 Å². The molecule has 0 bridgehead atoms. The number of piperazine rings is 1. The smallest absolute Gasteiger partial charge is 0.278 e. The Morgan fingerprint density at radius 1 is 0.765 bits per heavy atom. The van der Waals surface area contributed by atoms with E-state index in [0.717, 1.165) is 30.8 Å². The van der Waals surface area contributed by atoms with Crippen molar-refractivity contribution in [1.29, 1.82) is 0 Å². The van der Waals surface area contributed by atoms with Crippen LogP contribution in [0.3, 0.4) is 0 Å². The van der Waals surface area contributed by atoms with Crippen molar-refractivity contribution in [3.63, 3.8) is 0 Å². The molecule has 2 aromatic carbocycles. The van der Waals surface area contributed by atoms with E-state index in [1.54, 1.807) is 6.20 Å². The van der Waals surface area contributed by atoms with Gasteiger partial charge >= 0.3 is 0 Å². The molecule has 2 aliphatic rings. The third kappa shape index (κ3) is 4.50. The fourth-order valence-corrected chi connectivity index (χ4v) is 4.61. The van der Waals surface area contributed by atoms with Crippen molar-refractivity contribution in [3.8, 4) is 0 Å². The van der Waals surface area contributed by atoms with Gasteiger partial charge in [-0.15, -0.1) is 0 Å². The predicted octanol–water partition coefficient (Wildman–Crippen LogP) is 3.49. The van der Waals surface area contributed by atoms with Crippen molar-refractivity contribution in [1.82, 2.24) is 19.7 Å². The predicted molar refractivity (Wildman–Crippen MR) is 131 cm³/mol. The van der Waals surface area contributed by atoms with Crippen molar-refractivity contribution in [3.05, 3.63) is 107 Å². The van der Waals surface area contributed by atoms with Crippen molar-refractivity contribution in [2.24, 2.45) is 0 Å². The number of aromatic nitrogens is 1. The van der Waals surface area contributed by atoms with Crippen LogP contribution in [0.25, 0.3) is 5.57 Å². The number of carbonyl (C=O) groups is 2. The second-order valence-electron chi connectivity index (χ2n) is 8.86. The second kappa shape index (κ2) is 9.61. The van der Waals surface area contributed by atoms with Crippen LogP contribution in [0.4, 0.5) is 0 Å². The maximum atomic E-state index is 13.6. The average Bonchev–Trinajstić information content (AvgIpc) is 3.11. The van der Waals surface area contributed by atoms with Gasteiger partial charge in [-0.3, -0.25) is 24.4 Å². The molecule has 1 fully saturated rings. The molecule has 6 heteroatoms. The Morgan fingerprint density at radius 2 is 1.47 bits per heavy atom. The van der Waals surface area contributed by atoms with Crippen LogP contribution in [0.5, 0.6) is 0 Å². The van der Waals surface area contributed by atoms with E-state index in [1.807, 2.05) is 55.5 Å². The number of hydrogen-bond donors (Lipinski definition) is 0. The molecule has 5 rings (SSSR count). The van der Waals surface area contributed by atoms with E-state index >= 15 is 0 Å². The van der Waals surface area contributed by atoms with Gasteiger partial charge in [0.15, 0.2) is 0 Å². The van der Waals surface area contributed by atoms with Crippen molar-refractivity contribution in [2.45, 2.75) is 20.0 Å². The quantitative estimate of drug-likeness (QED) is 0.536.